The fraction of sp³-hybridized carbons (Fsp3) is 0.550. The maximum atomic E-state index is 12.9. The smallest absolute Gasteiger partial charge is 0.328 e. The Labute approximate surface area is 165 Å². The zero-order valence-corrected chi connectivity index (χ0v) is 16.5. The van der Waals surface area contributed by atoms with Gasteiger partial charge in [0.15, 0.2) is 18.2 Å². The monoisotopic (exact) mass is 385 g/mol. The molecule has 3 amide bonds. The summed E-state index contributed by atoms with van der Waals surface area (Å²) in [5.74, 6) is 1.50. The van der Waals surface area contributed by atoms with E-state index in [0.717, 1.165) is 44.1 Å². The van der Waals surface area contributed by atoms with E-state index >= 15 is 0 Å². The van der Waals surface area contributed by atoms with Crippen LogP contribution in [0.15, 0.2) is 35.3 Å². The molecule has 0 saturated carbocycles. The topological polar surface area (TPSA) is 68.7 Å². The predicted octanol–water partition coefficient (Wildman–Crippen LogP) is 1.44. The Morgan fingerprint density at radius 1 is 1.11 bits per heavy atom. The minimum absolute atomic E-state index is 0.185. The summed E-state index contributed by atoms with van der Waals surface area (Å²) >= 11 is 0. The number of imide groups is 1. The van der Waals surface area contributed by atoms with Crippen molar-refractivity contribution in [3.8, 4) is 5.75 Å². The van der Waals surface area contributed by atoms with Crippen molar-refractivity contribution in [2.24, 2.45) is 4.99 Å². The normalized spacial score (nSPS) is 24.7. The molecule has 28 heavy (non-hydrogen) atoms. The molecule has 0 aromatic heterocycles. The Kier molecular flexibility index (Phi) is 5.11. The Morgan fingerprint density at radius 3 is 2.54 bits per heavy atom. The number of likely N-dealkylation sites (N-methyl/N-ethyl adjacent to an activating group) is 2. The van der Waals surface area contributed by atoms with E-state index in [1.54, 1.807) is 19.0 Å². The first-order valence-electron chi connectivity index (χ1n) is 9.89. The van der Waals surface area contributed by atoms with E-state index in [1.165, 1.54) is 4.90 Å². The fourth-order valence-electron chi connectivity index (χ4n) is 4.11. The van der Waals surface area contributed by atoms with Crippen molar-refractivity contribution in [3.05, 3.63) is 30.3 Å². The van der Waals surface area contributed by atoms with E-state index in [2.05, 4.69) is 9.80 Å². The number of urea groups is 1. The largest absolute Gasteiger partial charge is 0.494 e. The summed E-state index contributed by atoms with van der Waals surface area (Å²) in [5, 5.41) is 0. The highest BCUT2D eigenvalue weighted by Gasteiger charge is 2.51. The minimum Gasteiger partial charge on any atom is -0.494 e. The number of carbonyl (C=O) groups is 2. The lowest BCUT2D eigenvalue weighted by atomic mass is 10.1. The highest BCUT2D eigenvalue weighted by molar-refractivity contribution is 6.03. The summed E-state index contributed by atoms with van der Waals surface area (Å²) in [4.78, 5) is 37.1. The molecule has 0 radical (unpaired) electrons. The molecule has 3 heterocycles. The number of para-hydroxylation sites is 1. The number of guanidine groups is 1. The van der Waals surface area contributed by atoms with Crippen LogP contribution in [0.2, 0.25) is 0 Å². The van der Waals surface area contributed by atoms with Gasteiger partial charge in [0, 0.05) is 33.7 Å². The predicted molar refractivity (Wildman–Crippen MR) is 105 cm³/mol. The number of rotatable bonds is 5. The number of likely N-dealkylation sites (tertiary alicyclic amines) is 1. The van der Waals surface area contributed by atoms with Crippen molar-refractivity contribution in [3.63, 3.8) is 0 Å². The van der Waals surface area contributed by atoms with Crippen molar-refractivity contribution in [1.82, 2.24) is 19.6 Å². The van der Waals surface area contributed by atoms with Gasteiger partial charge in [0.2, 0.25) is 0 Å². The zero-order chi connectivity index (χ0) is 19.7. The van der Waals surface area contributed by atoms with Gasteiger partial charge in [-0.25, -0.2) is 9.79 Å². The van der Waals surface area contributed by atoms with Crippen LogP contribution in [-0.4, -0.2) is 90.0 Å². The number of amides is 3. The summed E-state index contributed by atoms with van der Waals surface area (Å²) in [7, 11) is 3.26. The lowest BCUT2D eigenvalue weighted by molar-refractivity contribution is -0.136. The highest BCUT2D eigenvalue weighted by Crippen LogP contribution is 2.29. The number of hydrogen-bond acceptors (Lipinski definition) is 6. The first kappa shape index (κ1) is 18.6. The summed E-state index contributed by atoms with van der Waals surface area (Å²) in [6.45, 7) is 3.10. The average Bonchev–Trinajstić information content (AvgIpc) is 3.37. The summed E-state index contributed by atoms with van der Waals surface area (Å²) < 4.78 is 5.81. The standard InChI is InChI=1S/C20H27N5O3/c1-22-17-16(18(26)23(2)20(22)27)25(19(21-17)24-11-6-7-12-24)13-8-14-28-15-9-4-3-5-10-15/h3-5,9-10,16-17H,6-8,11-14H2,1-2H3. The lowest BCUT2D eigenvalue weighted by Gasteiger charge is -2.40. The molecule has 1 aromatic rings. The van der Waals surface area contributed by atoms with Crippen molar-refractivity contribution in [1.29, 1.82) is 0 Å². The van der Waals surface area contributed by atoms with Crippen LogP contribution in [0.5, 0.6) is 5.75 Å². The van der Waals surface area contributed by atoms with Gasteiger partial charge < -0.3 is 19.4 Å². The van der Waals surface area contributed by atoms with Crippen molar-refractivity contribution >= 4 is 17.9 Å². The number of benzene rings is 1. The molecule has 8 heteroatoms. The molecule has 0 N–H and O–H groups in total. The van der Waals surface area contributed by atoms with Crippen LogP contribution in [0.25, 0.3) is 0 Å². The van der Waals surface area contributed by atoms with Crippen molar-refractivity contribution < 1.29 is 14.3 Å². The van der Waals surface area contributed by atoms with Gasteiger partial charge >= 0.3 is 6.03 Å². The van der Waals surface area contributed by atoms with E-state index in [1.807, 2.05) is 30.3 Å². The van der Waals surface area contributed by atoms with Gasteiger partial charge in [0.05, 0.1) is 6.61 Å². The van der Waals surface area contributed by atoms with Crippen LogP contribution in [0, 0.1) is 0 Å². The van der Waals surface area contributed by atoms with Gasteiger partial charge in [-0.2, -0.15) is 0 Å². The molecule has 8 nitrogen and oxygen atoms in total. The molecule has 0 bridgehead atoms. The van der Waals surface area contributed by atoms with E-state index in [9.17, 15) is 9.59 Å². The molecule has 2 atom stereocenters. The van der Waals surface area contributed by atoms with Crippen LogP contribution >= 0.6 is 0 Å². The lowest BCUT2D eigenvalue weighted by Crippen LogP contribution is -2.64. The molecular formula is C20H27N5O3. The Bertz CT molecular complexity index is 762. The number of carbonyl (C=O) groups excluding carboxylic acids is 2. The number of fused-ring (bicyclic) bond motifs is 1. The number of nitrogens with zero attached hydrogens (tertiary/aromatic N) is 5. The molecule has 2 saturated heterocycles. The molecule has 150 valence electrons. The van der Waals surface area contributed by atoms with Crippen LogP contribution in [0.1, 0.15) is 19.3 Å². The quantitative estimate of drug-likeness (QED) is 0.718. The maximum absolute atomic E-state index is 12.9. The molecule has 3 aliphatic heterocycles. The molecule has 4 rings (SSSR count). The number of hydrogen-bond donors (Lipinski definition) is 0. The molecule has 0 spiro atoms. The third-order valence-electron chi connectivity index (χ3n) is 5.64. The summed E-state index contributed by atoms with van der Waals surface area (Å²) in [6, 6.07) is 8.96. The Hall–Kier alpha value is -2.77. The number of ether oxygens (including phenoxy) is 1. The highest BCUT2D eigenvalue weighted by atomic mass is 16.5. The van der Waals surface area contributed by atoms with E-state index < -0.39 is 12.2 Å². The molecule has 1 aromatic carbocycles. The Morgan fingerprint density at radius 2 is 1.82 bits per heavy atom. The van der Waals surface area contributed by atoms with E-state index in [-0.39, 0.29) is 11.9 Å². The molecule has 0 aliphatic carbocycles. The molecular weight excluding hydrogens is 358 g/mol. The van der Waals surface area contributed by atoms with Gasteiger partial charge in [0.25, 0.3) is 5.91 Å². The van der Waals surface area contributed by atoms with Crippen molar-refractivity contribution in [2.45, 2.75) is 31.5 Å². The fourth-order valence-corrected chi connectivity index (χ4v) is 4.11. The zero-order valence-electron chi connectivity index (χ0n) is 16.5. The third kappa shape index (κ3) is 3.27. The Balaban J connectivity index is 1.48. The van der Waals surface area contributed by atoms with Gasteiger partial charge in [-0.05, 0) is 31.4 Å². The van der Waals surface area contributed by atoms with Gasteiger partial charge in [-0.15, -0.1) is 0 Å². The van der Waals surface area contributed by atoms with Crippen LogP contribution < -0.4 is 4.74 Å². The number of aliphatic imine (C=N–C) groups is 1. The van der Waals surface area contributed by atoms with Gasteiger partial charge in [0.1, 0.15) is 5.75 Å². The van der Waals surface area contributed by atoms with Gasteiger partial charge in [-0.1, -0.05) is 18.2 Å². The third-order valence-corrected chi connectivity index (χ3v) is 5.64. The molecule has 2 unspecified atom stereocenters. The summed E-state index contributed by atoms with van der Waals surface area (Å²) in [5.41, 5.74) is 0. The second-order valence-corrected chi connectivity index (χ2v) is 7.48. The van der Waals surface area contributed by atoms with E-state index in [0.29, 0.717) is 13.2 Å². The van der Waals surface area contributed by atoms with Crippen LogP contribution in [0.3, 0.4) is 0 Å². The first-order chi connectivity index (χ1) is 13.6. The molecule has 3 aliphatic rings. The van der Waals surface area contributed by atoms with Crippen molar-refractivity contribution in [2.75, 3.05) is 40.3 Å². The first-order valence-corrected chi connectivity index (χ1v) is 9.89. The second kappa shape index (κ2) is 7.69. The maximum Gasteiger partial charge on any atom is 0.328 e. The van der Waals surface area contributed by atoms with E-state index in [4.69, 9.17) is 9.73 Å². The van der Waals surface area contributed by atoms with Crippen LogP contribution in [0.4, 0.5) is 4.79 Å². The summed E-state index contributed by atoms with van der Waals surface area (Å²) in [6.07, 6.45) is 2.56. The second-order valence-electron chi connectivity index (χ2n) is 7.48. The minimum atomic E-state index is -0.458. The average molecular weight is 385 g/mol. The van der Waals surface area contributed by atoms with Crippen LogP contribution in [-0.2, 0) is 4.79 Å². The molecule has 2 fully saturated rings. The van der Waals surface area contributed by atoms with Gasteiger partial charge in [-0.3, -0.25) is 9.69 Å². The SMILES string of the molecule is CN1C(=O)C2C(N=C(N3CCCC3)N2CCCOc2ccccc2)N(C)C1=O.